The molecule has 0 radical (unpaired) electrons. The number of hydrogen-bond acceptors (Lipinski definition) is 2. The van der Waals surface area contributed by atoms with Gasteiger partial charge < -0.3 is 9.84 Å². The predicted molar refractivity (Wildman–Crippen MR) is 122 cm³/mol. The highest BCUT2D eigenvalue weighted by Gasteiger charge is 2.27. The van der Waals surface area contributed by atoms with E-state index >= 15 is 0 Å². The average molecular weight is 395 g/mol. The van der Waals surface area contributed by atoms with Gasteiger partial charge in [0.2, 0.25) is 0 Å². The van der Waals surface area contributed by atoms with Crippen molar-refractivity contribution in [3.63, 3.8) is 0 Å². The van der Waals surface area contributed by atoms with Gasteiger partial charge in [0.1, 0.15) is 12.4 Å². The summed E-state index contributed by atoms with van der Waals surface area (Å²) in [5.74, 6) is 0.0509. The molecule has 0 spiro atoms. The number of aliphatic carboxylic acids is 1. The molecule has 29 heavy (non-hydrogen) atoms. The molecule has 0 saturated carbocycles. The van der Waals surface area contributed by atoms with Crippen LogP contribution in [0.5, 0.6) is 5.75 Å². The van der Waals surface area contributed by atoms with Crippen molar-refractivity contribution in [2.45, 2.75) is 66.2 Å². The molecular weight excluding hydrogens is 360 g/mol. The molecule has 0 aromatic heterocycles. The van der Waals surface area contributed by atoms with Gasteiger partial charge in [0.25, 0.3) is 0 Å². The zero-order valence-corrected chi connectivity index (χ0v) is 19.0. The molecule has 156 valence electrons. The lowest BCUT2D eigenvalue weighted by atomic mass is 9.78. The van der Waals surface area contributed by atoms with Crippen LogP contribution in [0, 0.1) is 0 Å². The Labute approximate surface area is 175 Å². The van der Waals surface area contributed by atoms with Gasteiger partial charge in [0.15, 0.2) is 0 Å². The summed E-state index contributed by atoms with van der Waals surface area (Å²) in [5, 5.41) is 8.80. The minimum atomic E-state index is -0.933. The smallest absolute Gasteiger partial charge is 0.328 e. The highest BCUT2D eigenvalue weighted by atomic mass is 16.5. The van der Waals surface area contributed by atoms with E-state index in [4.69, 9.17) is 9.84 Å². The number of rotatable bonds is 4. The number of carboxylic acids is 1. The molecule has 2 rings (SSSR count). The number of fused-ring (bicyclic) bond motifs is 1. The Morgan fingerprint density at radius 2 is 1.72 bits per heavy atom. The highest BCUT2D eigenvalue weighted by molar-refractivity contribution is 5.81. The standard InChI is InChI=1S/C26H34O3/c1-17(12-23(27)28)10-9-11-18(2)20-13-19-14-21(25(3,4)5)15-22(26(6,7)8)24(19)29-16-20/h9-15H,16H2,1-8H3,(H,27,28)/b10-9+,17-12+,18-11+. The molecule has 1 heterocycles. The van der Waals surface area contributed by atoms with E-state index in [-0.39, 0.29) is 10.8 Å². The molecular formula is C26H34O3. The van der Waals surface area contributed by atoms with Crippen LogP contribution in [0.3, 0.4) is 0 Å². The monoisotopic (exact) mass is 394 g/mol. The summed E-state index contributed by atoms with van der Waals surface area (Å²) in [6.07, 6.45) is 9.10. The second-order valence-electron chi connectivity index (χ2n) is 9.84. The first-order valence-electron chi connectivity index (χ1n) is 10.1. The van der Waals surface area contributed by atoms with E-state index in [1.807, 2.05) is 12.2 Å². The fourth-order valence-corrected chi connectivity index (χ4v) is 3.21. The van der Waals surface area contributed by atoms with E-state index in [2.05, 4.69) is 66.7 Å². The van der Waals surface area contributed by atoms with Crippen molar-refractivity contribution in [3.8, 4) is 5.75 Å². The van der Waals surface area contributed by atoms with Gasteiger partial charge in [-0.3, -0.25) is 0 Å². The van der Waals surface area contributed by atoms with Gasteiger partial charge in [-0.25, -0.2) is 4.79 Å². The summed E-state index contributed by atoms with van der Waals surface area (Å²) in [4.78, 5) is 10.7. The summed E-state index contributed by atoms with van der Waals surface area (Å²) in [6.45, 7) is 17.7. The van der Waals surface area contributed by atoms with E-state index in [9.17, 15) is 4.79 Å². The lowest BCUT2D eigenvalue weighted by molar-refractivity contribution is -0.131. The fraction of sp³-hybridized carbons (Fsp3) is 0.423. The summed E-state index contributed by atoms with van der Waals surface area (Å²) >= 11 is 0. The lowest BCUT2D eigenvalue weighted by Crippen LogP contribution is -2.20. The maximum atomic E-state index is 10.7. The number of benzene rings is 1. The molecule has 0 aliphatic carbocycles. The van der Waals surface area contributed by atoms with Crippen LogP contribution in [-0.2, 0) is 15.6 Å². The zero-order valence-electron chi connectivity index (χ0n) is 19.0. The first-order valence-corrected chi connectivity index (χ1v) is 10.1. The lowest BCUT2D eigenvalue weighted by Gasteiger charge is -2.31. The Kier molecular flexibility index (Phi) is 6.62. The van der Waals surface area contributed by atoms with Crippen LogP contribution < -0.4 is 4.74 Å². The fourth-order valence-electron chi connectivity index (χ4n) is 3.21. The van der Waals surface area contributed by atoms with E-state index in [0.29, 0.717) is 12.2 Å². The van der Waals surface area contributed by atoms with E-state index in [0.717, 1.165) is 22.5 Å². The highest BCUT2D eigenvalue weighted by Crippen LogP contribution is 2.41. The second-order valence-corrected chi connectivity index (χ2v) is 9.84. The minimum absolute atomic E-state index is 0.00168. The largest absolute Gasteiger partial charge is 0.488 e. The van der Waals surface area contributed by atoms with Gasteiger partial charge in [-0.05, 0) is 59.1 Å². The number of carbonyl (C=O) groups is 1. The van der Waals surface area contributed by atoms with Crippen LogP contribution in [-0.4, -0.2) is 17.7 Å². The number of hydrogen-bond donors (Lipinski definition) is 1. The third-order valence-electron chi connectivity index (χ3n) is 5.06. The molecule has 0 fully saturated rings. The van der Waals surface area contributed by atoms with E-state index in [1.165, 1.54) is 17.2 Å². The molecule has 0 amide bonds. The molecule has 1 aliphatic heterocycles. The van der Waals surface area contributed by atoms with Crippen molar-refractivity contribution in [1.82, 2.24) is 0 Å². The van der Waals surface area contributed by atoms with Gasteiger partial charge in [-0.1, -0.05) is 65.8 Å². The third kappa shape index (κ3) is 5.96. The summed E-state index contributed by atoms with van der Waals surface area (Å²) in [7, 11) is 0. The van der Waals surface area contributed by atoms with Crippen LogP contribution in [0.4, 0.5) is 0 Å². The van der Waals surface area contributed by atoms with Crippen molar-refractivity contribution in [1.29, 1.82) is 0 Å². The molecule has 0 unspecified atom stereocenters. The quantitative estimate of drug-likeness (QED) is 0.463. The van der Waals surface area contributed by atoms with Crippen LogP contribution in [0.1, 0.15) is 72.1 Å². The topological polar surface area (TPSA) is 46.5 Å². The normalized spacial score (nSPS) is 15.8. The first kappa shape index (κ1) is 22.7. The van der Waals surface area contributed by atoms with Crippen molar-refractivity contribution in [2.75, 3.05) is 6.61 Å². The van der Waals surface area contributed by atoms with Crippen molar-refractivity contribution >= 4 is 12.0 Å². The van der Waals surface area contributed by atoms with Gasteiger partial charge >= 0.3 is 5.97 Å². The molecule has 1 N–H and O–H groups in total. The maximum absolute atomic E-state index is 10.7. The van der Waals surface area contributed by atoms with Gasteiger partial charge in [-0.15, -0.1) is 0 Å². The van der Waals surface area contributed by atoms with Crippen LogP contribution in [0.15, 0.2) is 53.2 Å². The Morgan fingerprint density at radius 3 is 2.28 bits per heavy atom. The SMILES string of the molecule is CC(/C=C/C=C(\C)C1=Cc2cc(C(C)(C)C)cc(C(C)(C)C)c2OC1)=C\C(=O)O. The van der Waals surface area contributed by atoms with Crippen LogP contribution >= 0.6 is 0 Å². The van der Waals surface area contributed by atoms with Gasteiger partial charge in [-0.2, -0.15) is 0 Å². The van der Waals surface area contributed by atoms with Crippen molar-refractivity contribution in [3.05, 3.63) is 69.8 Å². The second kappa shape index (κ2) is 8.44. The third-order valence-corrected chi connectivity index (χ3v) is 5.06. The number of allylic oxidation sites excluding steroid dienone is 4. The molecule has 1 aromatic carbocycles. The Hall–Kier alpha value is -2.55. The zero-order chi connectivity index (χ0) is 22.0. The summed E-state index contributed by atoms with van der Waals surface area (Å²) in [5.41, 5.74) is 6.67. The van der Waals surface area contributed by atoms with Gasteiger partial charge in [0.05, 0.1) is 0 Å². The Balaban J connectivity index is 2.45. The predicted octanol–water partition coefficient (Wildman–Crippen LogP) is 6.59. The molecule has 0 atom stereocenters. The number of ether oxygens (including phenoxy) is 1. The average Bonchev–Trinajstić information content (AvgIpc) is 2.57. The summed E-state index contributed by atoms with van der Waals surface area (Å²) < 4.78 is 6.24. The maximum Gasteiger partial charge on any atom is 0.328 e. The van der Waals surface area contributed by atoms with Gasteiger partial charge in [0, 0.05) is 17.2 Å². The molecule has 0 saturated heterocycles. The molecule has 1 aromatic rings. The summed E-state index contributed by atoms with van der Waals surface area (Å²) in [6, 6.07) is 4.53. The van der Waals surface area contributed by atoms with Crippen LogP contribution in [0.25, 0.3) is 6.08 Å². The Morgan fingerprint density at radius 1 is 1.07 bits per heavy atom. The van der Waals surface area contributed by atoms with Crippen molar-refractivity contribution < 1.29 is 14.6 Å². The number of carboxylic acid groups (broad SMARTS) is 1. The van der Waals surface area contributed by atoms with E-state index < -0.39 is 5.97 Å². The first-order chi connectivity index (χ1) is 13.3. The minimum Gasteiger partial charge on any atom is -0.488 e. The van der Waals surface area contributed by atoms with Crippen molar-refractivity contribution in [2.24, 2.45) is 0 Å². The molecule has 0 bridgehead atoms. The molecule has 3 heteroatoms. The van der Waals surface area contributed by atoms with E-state index in [1.54, 1.807) is 13.0 Å². The van der Waals surface area contributed by atoms with Crippen LogP contribution in [0.2, 0.25) is 0 Å². The molecule has 3 nitrogen and oxygen atoms in total. The molecule has 1 aliphatic rings. The Bertz CT molecular complexity index is 910.